The summed E-state index contributed by atoms with van der Waals surface area (Å²) in [5, 5.41) is 9.77. The Hall–Kier alpha value is -3.67. The monoisotopic (exact) mass is 654 g/mol. The second-order valence-corrected chi connectivity index (χ2v) is 13.8. The summed E-state index contributed by atoms with van der Waals surface area (Å²) < 4.78 is 32.0. The first-order chi connectivity index (χ1) is 22.4. The number of alkyl halides is 1. The fraction of sp³-hybridized carbons (Fsp3) is 0.629. The molecule has 2 aromatic rings. The van der Waals surface area contributed by atoms with Gasteiger partial charge in [0.25, 0.3) is 11.8 Å². The number of halogens is 2. The number of likely N-dealkylation sites (N-methyl/N-ethyl adjacent to an activating group) is 1. The smallest absolute Gasteiger partial charge is 0.270 e. The second-order valence-electron chi connectivity index (χ2n) is 13.8. The van der Waals surface area contributed by atoms with Gasteiger partial charge in [-0.1, -0.05) is 38.8 Å². The van der Waals surface area contributed by atoms with E-state index in [9.17, 15) is 23.6 Å². The number of ketones is 1. The van der Waals surface area contributed by atoms with Gasteiger partial charge in [0.1, 0.15) is 17.6 Å². The van der Waals surface area contributed by atoms with E-state index in [1.54, 1.807) is 34.8 Å². The van der Waals surface area contributed by atoms with Gasteiger partial charge in [0.05, 0.1) is 6.04 Å². The number of benzene rings is 1. The van der Waals surface area contributed by atoms with E-state index in [0.717, 1.165) is 25.7 Å². The number of aryl methyl sites for hydroxylation is 1. The standard InChI is InChI=1S/C35H48F2N6O4/c1-5-43-28(12-15-38-43)32(45)39-31(24-8-6-22(2)7-9-24)29(44)21-26-11-10-25(20-27(26)36)23(3)30(40-34(47)35(37)13-14-35)33(46)42-18-16-41(4)17-19-42/h10-12,15,20,22-24,30-31H,5-9,13-14,16-19,21H2,1-4H3,(H,39,45)(H,40,47)/t22?,23-,24?,30+,31-/m0/s1. The second kappa shape index (κ2) is 14.6. The van der Waals surface area contributed by atoms with Crippen LogP contribution in [0.25, 0.3) is 0 Å². The molecule has 0 bridgehead atoms. The van der Waals surface area contributed by atoms with E-state index in [1.807, 2.05) is 14.0 Å². The maximum atomic E-state index is 15.7. The Morgan fingerprint density at radius 1 is 1.02 bits per heavy atom. The van der Waals surface area contributed by atoms with Gasteiger partial charge >= 0.3 is 0 Å². The van der Waals surface area contributed by atoms with E-state index in [4.69, 9.17) is 0 Å². The van der Waals surface area contributed by atoms with Crippen molar-refractivity contribution in [3.05, 3.63) is 53.1 Å². The van der Waals surface area contributed by atoms with Crippen molar-refractivity contribution in [2.45, 2.75) is 95.9 Å². The maximum absolute atomic E-state index is 15.7. The number of hydrogen-bond acceptors (Lipinski definition) is 6. The van der Waals surface area contributed by atoms with E-state index in [1.165, 1.54) is 12.1 Å². The summed E-state index contributed by atoms with van der Waals surface area (Å²) in [6, 6.07) is 4.25. The van der Waals surface area contributed by atoms with Crippen molar-refractivity contribution in [2.24, 2.45) is 11.8 Å². The molecule has 3 fully saturated rings. The van der Waals surface area contributed by atoms with E-state index in [2.05, 4.69) is 27.6 Å². The normalized spacial score (nSPS) is 23.0. The number of hydrogen-bond donors (Lipinski definition) is 2. The lowest BCUT2D eigenvalue weighted by atomic mass is 9.77. The first-order valence-corrected chi connectivity index (χ1v) is 17.0. The molecule has 1 aromatic heterocycles. The highest BCUT2D eigenvalue weighted by molar-refractivity contribution is 5.97. The third-order valence-electron chi connectivity index (χ3n) is 10.3. The highest BCUT2D eigenvalue weighted by atomic mass is 19.1. The SMILES string of the molecule is CCn1nccc1C(=O)N[C@H](C(=O)Cc1ccc([C@H](C)[C@@H](NC(=O)C2(F)CC2)C(=O)N2CCN(C)CC2)cc1F)C1CCC(C)CC1. The summed E-state index contributed by atoms with van der Waals surface area (Å²) in [4.78, 5) is 57.2. The van der Waals surface area contributed by atoms with Crippen LogP contribution >= 0.6 is 0 Å². The molecule has 0 unspecified atom stereocenters. The summed E-state index contributed by atoms with van der Waals surface area (Å²) in [7, 11) is 1.96. The molecule has 256 valence electrons. The highest BCUT2D eigenvalue weighted by Crippen LogP contribution is 2.40. The average Bonchev–Trinajstić information content (AvgIpc) is 3.63. The molecule has 2 saturated carbocycles. The Morgan fingerprint density at radius 3 is 2.32 bits per heavy atom. The van der Waals surface area contributed by atoms with Crippen LogP contribution in [0.3, 0.4) is 0 Å². The minimum Gasteiger partial charge on any atom is -0.341 e. The van der Waals surface area contributed by atoms with Crippen LogP contribution in [0.5, 0.6) is 0 Å². The van der Waals surface area contributed by atoms with Crippen molar-refractivity contribution in [2.75, 3.05) is 33.2 Å². The molecule has 0 spiro atoms. The van der Waals surface area contributed by atoms with Crippen molar-refractivity contribution in [1.82, 2.24) is 30.2 Å². The zero-order valence-corrected chi connectivity index (χ0v) is 27.9. The Bertz CT molecular complexity index is 1460. The van der Waals surface area contributed by atoms with Gasteiger partial charge in [0, 0.05) is 51.3 Å². The summed E-state index contributed by atoms with van der Waals surface area (Å²) in [6.45, 7) is 8.58. The molecule has 1 saturated heterocycles. The third kappa shape index (κ3) is 8.08. The van der Waals surface area contributed by atoms with Crippen LogP contribution in [-0.4, -0.2) is 94.1 Å². The molecule has 0 radical (unpaired) electrons. The highest BCUT2D eigenvalue weighted by Gasteiger charge is 2.52. The van der Waals surface area contributed by atoms with Crippen LogP contribution in [0, 0.1) is 17.7 Å². The summed E-state index contributed by atoms with van der Waals surface area (Å²) >= 11 is 0. The lowest BCUT2D eigenvalue weighted by molar-refractivity contribution is -0.140. The molecule has 2 N–H and O–H groups in total. The van der Waals surface area contributed by atoms with E-state index >= 15 is 4.39 Å². The van der Waals surface area contributed by atoms with E-state index in [-0.39, 0.29) is 48.3 Å². The van der Waals surface area contributed by atoms with Gasteiger partial charge in [-0.3, -0.25) is 23.9 Å². The number of nitrogens with zero attached hydrogens (tertiary/aromatic N) is 4. The van der Waals surface area contributed by atoms with Crippen molar-refractivity contribution >= 4 is 23.5 Å². The number of rotatable bonds is 12. The lowest BCUT2D eigenvalue weighted by Gasteiger charge is -2.36. The minimum absolute atomic E-state index is 0.0572. The predicted molar refractivity (Wildman–Crippen MR) is 173 cm³/mol. The zero-order chi connectivity index (χ0) is 33.9. The number of piperazine rings is 1. The molecule has 10 nitrogen and oxygen atoms in total. The molecule has 1 aromatic carbocycles. The van der Waals surface area contributed by atoms with Crippen LogP contribution in [-0.2, 0) is 27.3 Å². The van der Waals surface area contributed by atoms with Gasteiger partial charge < -0.3 is 20.4 Å². The Balaban J connectivity index is 1.33. The Labute approximate surface area is 275 Å². The number of amides is 3. The molecule has 1 aliphatic heterocycles. The minimum atomic E-state index is -1.96. The molecule has 2 aliphatic carbocycles. The fourth-order valence-electron chi connectivity index (χ4n) is 6.78. The number of carbonyl (C=O) groups excluding carboxylic acids is 4. The quantitative estimate of drug-likeness (QED) is 0.361. The summed E-state index contributed by atoms with van der Waals surface area (Å²) in [6.07, 6.45) is 5.05. The predicted octanol–water partition coefficient (Wildman–Crippen LogP) is 3.64. The van der Waals surface area contributed by atoms with Crippen molar-refractivity contribution in [3.63, 3.8) is 0 Å². The summed E-state index contributed by atoms with van der Waals surface area (Å²) in [5.41, 5.74) is -0.963. The fourth-order valence-corrected chi connectivity index (χ4v) is 6.78. The van der Waals surface area contributed by atoms with Crippen molar-refractivity contribution < 1.29 is 28.0 Å². The van der Waals surface area contributed by atoms with Gasteiger partial charge in [-0.05, 0) is 74.8 Å². The topological polar surface area (TPSA) is 117 Å². The van der Waals surface area contributed by atoms with Crippen LogP contribution in [0.4, 0.5) is 8.78 Å². The van der Waals surface area contributed by atoms with Crippen molar-refractivity contribution in [3.8, 4) is 0 Å². The van der Waals surface area contributed by atoms with Crippen LogP contribution in [0.2, 0.25) is 0 Å². The van der Waals surface area contributed by atoms with Crippen LogP contribution < -0.4 is 10.6 Å². The number of carbonyl (C=O) groups is 4. The lowest BCUT2D eigenvalue weighted by Crippen LogP contribution is -2.56. The molecular weight excluding hydrogens is 606 g/mol. The first kappa shape index (κ1) is 34.7. The van der Waals surface area contributed by atoms with Gasteiger partial charge in [-0.25, -0.2) is 8.78 Å². The molecule has 5 rings (SSSR count). The number of nitrogens with one attached hydrogen (secondary N) is 2. The molecule has 2 heterocycles. The zero-order valence-electron chi connectivity index (χ0n) is 27.9. The van der Waals surface area contributed by atoms with Crippen molar-refractivity contribution in [1.29, 1.82) is 0 Å². The number of Topliss-reactive ketones (excluding diaryl/α,β-unsaturated/α-hetero) is 1. The van der Waals surface area contributed by atoms with Gasteiger partial charge in [-0.15, -0.1) is 0 Å². The summed E-state index contributed by atoms with van der Waals surface area (Å²) in [5.74, 6) is -2.58. The van der Waals surface area contributed by atoms with Gasteiger partial charge in [-0.2, -0.15) is 5.10 Å². The molecule has 3 aliphatic rings. The van der Waals surface area contributed by atoms with Crippen LogP contribution in [0.1, 0.15) is 86.8 Å². The molecule has 3 atom stereocenters. The molecule has 3 amide bonds. The largest absolute Gasteiger partial charge is 0.341 e. The Kier molecular flexibility index (Phi) is 10.8. The molecule has 12 heteroatoms. The first-order valence-electron chi connectivity index (χ1n) is 17.0. The van der Waals surface area contributed by atoms with E-state index in [0.29, 0.717) is 49.9 Å². The molecular formula is C35H48F2N6O4. The molecule has 47 heavy (non-hydrogen) atoms. The third-order valence-corrected chi connectivity index (χ3v) is 10.3. The maximum Gasteiger partial charge on any atom is 0.270 e. The van der Waals surface area contributed by atoms with Gasteiger partial charge in [0.2, 0.25) is 5.91 Å². The van der Waals surface area contributed by atoms with E-state index < -0.39 is 35.4 Å². The Morgan fingerprint density at radius 2 is 1.70 bits per heavy atom. The van der Waals surface area contributed by atoms with Crippen LogP contribution in [0.15, 0.2) is 30.5 Å². The average molecular weight is 655 g/mol. The van der Waals surface area contributed by atoms with Gasteiger partial charge in [0.15, 0.2) is 11.5 Å². The number of aromatic nitrogens is 2.